The number of alkyl halides is 6. The molecule has 40 heavy (non-hydrogen) atoms. The number of likely N-dealkylation sites (tertiary alicyclic amines) is 1. The molecule has 4 rings (SSSR count). The molecule has 1 spiro atoms. The van der Waals surface area contributed by atoms with Crippen LogP contribution in [0.3, 0.4) is 0 Å². The van der Waals surface area contributed by atoms with Gasteiger partial charge in [0.2, 0.25) is 5.95 Å². The number of carboxylic acids is 2. The average molecular weight is 581 g/mol. The summed E-state index contributed by atoms with van der Waals surface area (Å²) < 4.78 is 69.7. The van der Waals surface area contributed by atoms with Gasteiger partial charge in [0.25, 0.3) is 0 Å². The zero-order chi connectivity index (χ0) is 30.0. The molecule has 0 amide bonds. The topological polar surface area (TPSA) is 125 Å². The van der Waals surface area contributed by atoms with E-state index in [-0.39, 0.29) is 5.60 Å². The molecule has 9 nitrogen and oxygen atoms in total. The quantitative estimate of drug-likeness (QED) is 0.444. The molecule has 0 aliphatic carbocycles. The fourth-order valence-electron chi connectivity index (χ4n) is 4.14. The van der Waals surface area contributed by atoms with Crippen molar-refractivity contribution in [3.63, 3.8) is 0 Å². The molecule has 2 aliphatic rings. The van der Waals surface area contributed by atoms with Crippen LogP contribution in [0.2, 0.25) is 0 Å². The minimum absolute atomic E-state index is 0.00268. The van der Waals surface area contributed by atoms with Gasteiger partial charge in [-0.25, -0.2) is 19.6 Å². The Morgan fingerprint density at radius 3 is 2.12 bits per heavy atom. The summed E-state index contributed by atoms with van der Waals surface area (Å²) in [5, 5.41) is 17.8. The number of hydrogen-bond acceptors (Lipinski definition) is 7. The highest BCUT2D eigenvalue weighted by Gasteiger charge is 2.43. The lowest BCUT2D eigenvalue weighted by Crippen LogP contribution is -2.46. The first-order chi connectivity index (χ1) is 18.6. The third kappa shape index (κ3) is 11.3. The number of rotatable bonds is 5. The van der Waals surface area contributed by atoms with Crippen molar-refractivity contribution in [2.45, 2.75) is 56.6 Å². The van der Waals surface area contributed by atoms with Crippen LogP contribution >= 0.6 is 0 Å². The number of carbonyl (C=O) groups is 2. The molecule has 2 aromatic rings. The van der Waals surface area contributed by atoms with Gasteiger partial charge in [0.15, 0.2) is 0 Å². The van der Waals surface area contributed by atoms with Gasteiger partial charge in [0, 0.05) is 44.7 Å². The van der Waals surface area contributed by atoms with Crippen molar-refractivity contribution in [1.29, 1.82) is 0 Å². The average Bonchev–Trinajstić information content (AvgIpc) is 3.26. The minimum Gasteiger partial charge on any atom is -0.475 e. The van der Waals surface area contributed by atoms with Crippen molar-refractivity contribution >= 4 is 17.9 Å². The highest BCUT2D eigenvalue weighted by molar-refractivity contribution is 5.73. The molecule has 2 aliphatic heterocycles. The molecule has 1 aromatic heterocycles. The second-order valence-corrected chi connectivity index (χ2v) is 9.32. The highest BCUT2D eigenvalue weighted by Crippen LogP contribution is 2.35. The van der Waals surface area contributed by atoms with Gasteiger partial charge in [-0.05, 0) is 43.7 Å². The molecule has 2 atom stereocenters. The predicted molar refractivity (Wildman–Crippen MR) is 131 cm³/mol. The number of nitrogens with zero attached hydrogens (tertiary/aromatic N) is 3. The van der Waals surface area contributed by atoms with Gasteiger partial charge < -0.3 is 25.2 Å². The third-order valence-electron chi connectivity index (χ3n) is 6.05. The Balaban J connectivity index is 0.000000333. The number of nitrogens with one attached hydrogen (secondary N) is 1. The number of ether oxygens (including phenoxy) is 1. The van der Waals surface area contributed by atoms with Gasteiger partial charge >= 0.3 is 24.3 Å². The fourth-order valence-corrected chi connectivity index (χ4v) is 4.14. The molecule has 222 valence electrons. The Morgan fingerprint density at radius 2 is 1.60 bits per heavy atom. The van der Waals surface area contributed by atoms with E-state index in [0.717, 1.165) is 63.4 Å². The zero-order valence-corrected chi connectivity index (χ0v) is 21.5. The Morgan fingerprint density at radius 1 is 1.05 bits per heavy atom. The molecule has 2 saturated heterocycles. The van der Waals surface area contributed by atoms with Crippen molar-refractivity contribution in [3.05, 3.63) is 53.9 Å². The molecule has 3 heterocycles. The van der Waals surface area contributed by atoms with E-state index in [4.69, 9.17) is 24.5 Å². The van der Waals surface area contributed by atoms with Crippen molar-refractivity contribution in [2.75, 3.05) is 31.6 Å². The number of benzene rings is 1. The Labute approximate surface area is 226 Å². The van der Waals surface area contributed by atoms with Gasteiger partial charge in [-0.3, -0.25) is 0 Å². The molecular weight excluding hydrogens is 550 g/mol. The summed E-state index contributed by atoms with van der Waals surface area (Å²) in [6.07, 6.45) is -2.16. The summed E-state index contributed by atoms with van der Waals surface area (Å²) in [5.41, 5.74) is 2.50. The van der Waals surface area contributed by atoms with E-state index >= 15 is 0 Å². The van der Waals surface area contributed by atoms with E-state index in [1.807, 2.05) is 19.3 Å². The second kappa shape index (κ2) is 14.3. The van der Waals surface area contributed by atoms with E-state index < -0.39 is 24.3 Å². The number of hydrogen-bond donors (Lipinski definition) is 3. The maximum absolute atomic E-state index is 10.6. The molecule has 0 unspecified atom stereocenters. The van der Waals surface area contributed by atoms with Crippen LogP contribution in [0.5, 0.6) is 0 Å². The molecule has 15 heteroatoms. The normalized spacial score (nSPS) is 21.0. The van der Waals surface area contributed by atoms with E-state index in [0.29, 0.717) is 6.04 Å². The van der Waals surface area contributed by atoms with E-state index in [1.54, 1.807) is 0 Å². The molecule has 2 fully saturated rings. The Kier molecular flexibility index (Phi) is 11.7. The SMILES string of the molecule is Cc1cnc(N[C@@H]2CCO[C@]3(CCN(CCc4ccccc4)C3)C2)nc1.O=C(O)C(F)(F)F.O=C(O)C(F)(F)F. The first kappa shape index (κ1) is 32.8. The number of carboxylic acid groups (broad SMARTS) is 2. The number of aliphatic carboxylic acids is 2. The van der Waals surface area contributed by atoms with Gasteiger partial charge in [-0.1, -0.05) is 30.3 Å². The standard InChI is InChI=1S/C21H28N4O.2C2HF3O2/c1-17-14-22-20(23-15-17)24-19-8-12-26-21(13-19)9-11-25(16-21)10-7-18-5-3-2-4-6-18;2*3-2(4,5)1(6)7/h2-6,14-15,19H,7-13,16H2,1H3,(H,22,23,24);2*(H,6,7)/t19-,21-;;/m1../s1. The smallest absolute Gasteiger partial charge is 0.475 e. The minimum atomic E-state index is -5.08. The van der Waals surface area contributed by atoms with E-state index in [2.05, 4.69) is 50.5 Å². The third-order valence-corrected chi connectivity index (χ3v) is 6.05. The van der Waals surface area contributed by atoms with Gasteiger partial charge in [-0.2, -0.15) is 26.3 Å². The maximum atomic E-state index is 10.6. The Hall–Kier alpha value is -3.46. The Bertz CT molecular complexity index is 1060. The zero-order valence-electron chi connectivity index (χ0n) is 21.5. The number of aromatic nitrogens is 2. The number of halogens is 6. The van der Waals surface area contributed by atoms with Gasteiger partial charge in [-0.15, -0.1) is 0 Å². The highest BCUT2D eigenvalue weighted by atomic mass is 19.4. The van der Waals surface area contributed by atoms with Crippen LogP contribution in [-0.2, 0) is 20.7 Å². The maximum Gasteiger partial charge on any atom is 0.490 e. The molecule has 1 aromatic carbocycles. The number of aryl methyl sites for hydroxylation is 1. The predicted octanol–water partition coefficient (Wildman–Crippen LogP) is 4.33. The van der Waals surface area contributed by atoms with E-state index in [9.17, 15) is 26.3 Å². The van der Waals surface area contributed by atoms with E-state index in [1.165, 1.54) is 5.56 Å². The summed E-state index contributed by atoms with van der Waals surface area (Å²) in [4.78, 5) is 29.1. The van der Waals surface area contributed by atoms with Crippen molar-refractivity contribution < 1.29 is 50.9 Å². The molecule has 3 N–H and O–H groups in total. The summed E-state index contributed by atoms with van der Waals surface area (Å²) in [6, 6.07) is 11.1. The molecule has 0 bridgehead atoms. The van der Waals surface area contributed by atoms with Crippen LogP contribution < -0.4 is 5.32 Å². The second-order valence-electron chi connectivity index (χ2n) is 9.32. The lowest BCUT2D eigenvalue weighted by molar-refractivity contribution is -0.193. The van der Waals surface area contributed by atoms with Gasteiger partial charge in [0.05, 0.1) is 5.60 Å². The van der Waals surface area contributed by atoms with Crippen LogP contribution in [-0.4, -0.2) is 87.3 Å². The first-order valence-electron chi connectivity index (χ1n) is 12.2. The van der Waals surface area contributed by atoms with Crippen molar-refractivity contribution in [1.82, 2.24) is 14.9 Å². The molecular formula is C25H30F6N4O5. The summed E-state index contributed by atoms with van der Waals surface area (Å²) in [6.45, 7) is 6.09. The van der Waals surface area contributed by atoms with Crippen LogP contribution in [0.15, 0.2) is 42.7 Å². The van der Waals surface area contributed by atoms with Crippen LogP contribution in [0, 0.1) is 6.92 Å². The fraction of sp³-hybridized carbons (Fsp3) is 0.520. The van der Waals surface area contributed by atoms with Crippen LogP contribution in [0.25, 0.3) is 0 Å². The lowest BCUT2D eigenvalue weighted by atomic mass is 9.89. The first-order valence-corrected chi connectivity index (χ1v) is 12.2. The van der Waals surface area contributed by atoms with Crippen molar-refractivity contribution in [3.8, 4) is 0 Å². The number of anilines is 1. The summed E-state index contributed by atoms with van der Waals surface area (Å²) in [7, 11) is 0. The van der Waals surface area contributed by atoms with Crippen molar-refractivity contribution in [2.24, 2.45) is 0 Å². The van der Waals surface area contributed by atoms with Crippen LogP contribution in [0.4, 0.5) is 32.3 Å². The molecule has 0 radical (unpaired) electrons. The largest absolute Gasteiger partial charge is 0.490 e. The lowest BCUT2D eigenvalue weighted by Gasteiger charge is -2.38. The summed E-state index contributed by atoms with van der Waals surface area (Å²) >= 11 is 0. The summed E-state index contributed by atoms with van der Waals surface area (Å²) in [5.74, 6) is -4.78. The molecule has 0 saturated carbocycles. The van der Waals surface area contributed by atoms with Crippen LogP contribution in [0.1, 0.15) is 30.4 Å². The monoisotopic (exact) mass is 580 g/mol. The van der Waals surface area contributed by atoms with Gasteiger partial charge in [0.1, 0.15) is 0 Å².